The molecule has 0 aliphatic carbocycles. The summed E-state index contributed by atoms with van der Waals surface area (Å²) >= 11 is 5.87. The molecule has 0 radical (unpaired) electrons. The van der Waals surface area contributed by atoms with Gasteiger partial charge < -0.3 is 14.5 Å². The number of rotatable bonds is 7. The molecule has 4 rings (SSSR count). The Kier molecular flexibility index (Phi) is 5.85. The second-order valence-electron chi connectivity index (χ2n) is 6.72. The normalized spacial score (nSPS) is 11.5. The summed E-state index contributed by atoms with van der Waals surface area (Å²) < 4.78 is 52.7. The van der Waals surface area contributed by atoms with Crippen molar-refractivity contribution in [1.29, 1.82) is 0 Å². The minimum Gasteiger partial charge on any atom is -0.486 e. The van der Waals surface area contributed by atoms with Gasteiger partial charge in [0.25, 0.3) is 10.0 Å². The Morgan fingerprint density at radius 1 is 1.22 bits per heavy atom. The number of sulfonamides is 1. The lowest BCUT2D eigenvalue weighted by atomic mass is 10.2. The molecule has 32 heavy (non-hydrogen) atoms. The SMILES string of the molecule is COc1ncc(Cl)cc1S(=O)(=O)Nc1ccc(F)c(COc2cnc3[nH]cc(C)c3c2)n1. The van der Waals surface area contributed by atoms with Gasteiger partial charge in [0.05, 0.1) is 18.3 Å². The molecular formula is C20H17ClFN5O4S. The molecule has 0 aliphatic rings. The van der Waals surface area contributed by atoms with Crippen molar-refractivity contribution in [2.24, 2.45) is 0 Å². The highest BCUT2D eigenvalue weighted by Gasteiger charge is 2.22. The van der Waals surface area contributed by atoms with E-state index in [-0.39, 0.29) is 33.9 Å². The summed E-state index contributed by atoms with van der Waals surface area (Å²) in [7, 11) is -2.88. The number of aromatic nitrogens is 4. The maximum Gasteiger partial charge on any atom is 0.268 e. The van der Waals surface area contributed by atoms with E-state index in [1.807, 2.05) is 13.1 Å². The van der Waals surface area contributed by atoms with Gasteiger partial charge in [0.1, 0.15) is 35.3 Å². The lowest BCUT2D eigenvalue weighted by molar-refractivity contribution is 0.293. The molecule has 0 unspecified atom stereocenters. The number of aromatic amines is 1. The first kappa shape index (κ1) is 21.8. The summed E-state index contributed by atoms with van der Waals surface area (Å²) in [5.41, 5.74) is 1.61. The molecule has 0 saturated carbocycles. The van der Waals surface area contributed by atoms with Gasteiger partial charge in [0.15, 0.2) is 4.90 Å². The summed E-state index contributed by atoms with van der Waals surface area (Å²) in [5, 5.41) is 0.983. The van der Waals surface area contributed by atoms with E-state index >= 15 is 0 Å². The van der Waals surface area contributed by atoms with E-state index < -0.39 is 15.8 Å². The number of pyridine rings is 3. The molecule has 0 aliphatic heterocycles. The molecule has 12 heteroatoms. The molecule has 0 atom stereocenters. The predicted molar refractivity (Wildman–Crippen MR) is 116 cm³/mol. The monoisotopic (exact) mass is 477 g/mol. The molecule has 0 bridgehead atoms. The van der Waals surface area contributed by atoms with Gasteiger partial charge in [-0.15, -0.1) is 0 Å². The third-order valence-electron chi connectivity index (χ3n) is 4.51. The van der Waals surface area contributed by atoms with E-state index in [4.69, 9.17) is 21.1 Å². The fourth-order valence-corrected chi connectivity index (χ4v) is 4.30. The first-order valence-electron chi connectivity index (χ1n) is 9.21. The fourth-order valence-electron chi connectivity index (χ4n) is 2.94. The molecule has 166 valence electrons. The van der Waals surface area contributed by atoms with Crippen molar-refractivity contribution >= 4 is 38.5 Å². The molecule has 4 aromatic rings. The predicted octanol–water partition coefficient (Wildman–Crippen LogP) is 3.84. The van der Waals surface area contributed by atoms with Crippen LogP contribution >= 0.6 is 11.6 Å². The molecule has 0 fully saturated rings. The minimum atomic E-state index is -4.16. The number of fused-ring (bicyclic) bond motifs is 1. The standard InChI is InChI=1S/C20H17ClFN5O4S/c1-11-7-23-19-14(11)6-13(9-24-19)31-10-16-15(22)3-4-18(26-16)27-32(28,29)17-5-12(21)8-25-20(17)30-2/h3-9H,10H2,1-2H3,(H,23,24)(H,26,27). The Morgan fingerprint density at radius 3 is 2.81 bits per heavy atom. The second kappa shape index (κ2) is 8.60. The van der Waals surface area contributed by atoms with E-state index in [1.165, 1.54) is 31.6 Å². The van der Waals surface area contributed by atoms with Crippen LogP contribution in [0.2, 0.25) is 5.02 Å². The zero-order valence-electron chi connectivity index (χ0n) is 16.9. The fraction of sp³-hybridized carbons (Fsp3) is 0.150. The van der Waals surface area contributed by atoms with Crippen LogP contribution in [0.15, 0.2) is 47.8 Å². The number of nitrogens with one attached hydrogen (secondary N) is 2. The van der Waals surface area contributed by atoms with Crippen molar-refractivity contribution in [3.8, 4) is 11.6 Å². The number of halogens is 2. The van der Waals surface area contributed by atoms with Crippen LogP contribution in [0.3, 0.4) is 0 Å². The highest BCUT2D eigenvalue weighted by molar-refractivity contribution is 7.92. The van der Waals surface area contributed by atoms with E-state index in [2.05, 4.69) is 24.7 Å². The number of H-pyrrole nitrogens is 1. The van der Waals surface area contributed by atoms with Crippen LogP contribution in [0.1, 0.15) is 11.3 Å². The van der Waals surface area contributed by atoms with E-state index in [1.54, 1.807) is 6.07 Å². The molecule has 2 N–H and O–H groups in total. The molecule has 0 spiro atoms. The lowest BCUT2D eigenvalue weighted by Crippen LogP contribution is -2.16. The van der Waals surface area contributed by atoms with Gasteiger partial charge in [-0.1, -0.05) is 11.6 Å². The summed E-state index contributed by atoms with van der Waals surface area (Å²) in [6.45, 7) is 1.69. The molecule has 0 saturated heterocycles. The average molecular weight is 478 g/mol. The summed E-state index contributed by atoms with van der Waals surface area (Å²) in [5.74, 6) is -0.485. The average Bonchev–Trinajstić information content (AvgIpc) is 3.14. The number of anilines is 1. The van der Waals surface area contributed by atoms with Gasteiger partial charge in [0, 0.05) is 17.8 Å². The van der Waals surface area contributed by atoms with Gasteiger partial charge >= 0.3 is 0 Å². The summed E-state index contributed by atoms with van der Waals surface area (Å²) in [4.78, 5) is 14.9. The van der Waals surface area contributed by atoms with Crippen molar-refractivity contribution in [3.63, 3.8) is 0 Å². The highest BCUT2D eigenvalue weighted by atomic mass is 35.5. The van der Waals surface area contributed by atoms with Gasteiger partial charge in [0.2, 0.25) is 5.88 Å². The zero-order valence-corrected chi connectivity index (χ0v) is 18.5. The van der Waals surface area contributed by atoms with Crippen LogP contribution in [0.4, 0.5) is 10.2 Å². The number of aryl methyl sites for hydroxylation is 1. The first-order chi connectivity index (χ1) is 15.3. The maximum atomic E-state index is 14.3. The largest absolute Gasteiger partial charge is 0.486 e. The Hall–Kier alpha value is -3.44. The van der Waals surface area contributed by atoms with E-state index in [9.17, 15) is 12.8 Å². The topological polar surface area (TPSA) is 119 Å². The van der Waals surface area contributed by atoms with Gasteiger partial charge in [-0.05, 0) is 36.8 Å². The van der Waals surface area contributed by atoms with Crippen LogP contribution in [0.25, 0.3) is 11.0 Å². The Morgan fingerprint density at radius 2 is 2.03 bits per heavy atom. The maximum absolute atomic E-state index is 14.3. The molecule has 4 heterocycles. The van der Waals surface area contributed by atoms with E-state index in [0.717, 1.165) is 17.0 Å². The van der Waals surface area contributed by atoms with Crippen molar-refractivity contribution < 1.29 is 22.3 Å². The first-order valence-corrected chi connectivity index (χ1v) is 11.1. The second-order valence-corrected chi connectivity index (χ2v) is 8.81. The molecule has 0 amide bonds. The van der Waals surface area contributed by atoms with Crippen LogP contribution in [-0.2, 0) is 16.6 Å². The quantitative estimate of drug-likeness (QED) is 0.415. The molecule has 9 nitrogen and oxygen atoms in total. The number of hydrogen-bond donors (Lipinski definition) is 2. The van der Waals surface area contributed by atoms with Crippen molar-refractivity contribution in [3.05, 3.63) is 65.0 Å². The Labute approximate surface area is 187 Å². The number of methoxy groups -OCH3 is 1. The van der Waals surface area contributed by atoms with Crippen LogP contribution in [0, 0.1) is 12.7 Å². The van der Waals surface area contributed by atoms with Gasteiger partial charge in [-0.25, -0.2) is 27.8 Å². The zero-order chi connectivity index (χ0) is 22.9. The minimum absolute atomic E-state index is 0.0905. The Balaban J connectivity index is 1.55. The van der Waals surface area contributed by atoms with Crippen molar-refractivity contribution in [2.75, 3.05) is 11.8 Å². The number of nitrogens with zero attached hydrogens (tertiary/aromatic N) is 3. The third kappa shape index (κ3) is 4.43. The van der Waals surface area contributed by atoms with E-state index in [0.29, 0.717) is 11.4 Å². The smallest absolute Gasteiger partial charge is 0.268 e. The Bertz CT molecular complexity index is 1410. The van der Waals surface area contributed by atoms with Gasteiger partial charge in [-0.2, -0.15) is 0 Å². The molecule has 0 aromatic carbocycles. The summed E-state index contributed by atoms with van der Waals surface area (Å²) in [6.07, 6.45) is 4.58. The summed E-state index contributed by atoms with van der Waals surface area (Å²) in [6, 6.07) is 5.25. The molecule has 4 aromatic heterocycles. The van der Waals surface area contributed by atoms with Gasteiger partial charge in [-0.3, -0.25) is 4.72 Å². The number of ether oxygens (including phenoxy) is 2. The highest BCUT2D eigenvalue weighted by Crippen LogP contribution is 2.26. The van der Waals surface area contributed by atoms with Crippen LogP contribution in [0.5, 0.6) is 11.6 Å². The number of hydrogen-bond acceptors (Lipinski definition) is 7. The van der Waals surface area contributed by atoms with Crippen LogP contribution in [-0.4, -0.2) is 35.5 Å². The lowest BCUT2D eigenvalue weighted by Gasteiger charge is -2.12. The third-order valence-corrected chi connectivity index (χ3v) is 6.07. The molecular weight excluding hydrogens is 461 g/mol. The van der Waals surface area contributed by atoms with Crippen LogP contribution < -0.4 is 14.2 Å². The van der Waals surface area contributed by atoms with Crippen molar-refractivity contribution in [2.45, 2.75) is 18.4 Å². The van der Waals surface area contributed by atoms with Crippen molar-refractivity contribution in [1.82, 2.24) is 19.9 Å².